The van der Waals surface area contributed by atoms with Crippen molar-refractivity contribution in [3.05, 3.63) is 63.0 Å². The number of aryl methyl sites for hydroxylation is 1. The van der Waals surface area contributed by atoms with E-state index in [1.807, 2.05) is 6.92 Å². The van der Waals surface area contributed by atoms with E-state index in [1.54, 1.807) is 0 Å². The number of aromatic nitrogens is 3. The van der Waals surface area contributed by atoms with Crippen molar-refractivity contribution < 1.29 is 0 Å². The third kappa shape index (κ3) is 3.80. The van der Waals surface area contributed by atoms with Crippen molar-refractivity contribution in [2.24, 2.45) is 5.92 Å². The first-order chi connectivity index (χ1) is 12.2. The van der Waals surface area contributed by atoms with Crippen molar-refractivity contribution >= 4 is 16.3 Å². The molecule has 5 nitrogen and oxygen atoms in total. The molecule has 1 aliphatic heterocycles. The Bertz CT molecular complexity index is 910. The quantitative estimate of drug-likeness (QED) is 0.723. The maximum absolute atomic E-state index is 12.0. The van der Waals surface area contributed by atoms with Gasteiger partial charge in [0.05, 0.1) is 6.54 Å². The Hall–Kier alpha value is -2.05. The highest BCUT2D eigenvalue weighted by Gasteiger charge is 2.21. The minimum atomic E-state index is -0.0911. The second-order valence-electron chi connectivity index (χ2n) is 6.84. The molecule has 1 fully saturated rings. The first-order valence-corrected chi connectivity index (χ1v) is 9.62. The first kappa shape index (κ1) is 16.4. The lowest BCUT2D eigenvalue weighted by Gasteiger charge is -2.31. The van der Waals surface area contributed by atoms with Crippen LogP contribution < -0.4 is 5.56 Å². The first-order valence-electron chi connectivity index (χ1n) is 8.80. The Balaban J connectivity index is 1.37. The lowest BCUT2D eigenvalue weighted by molar-refractivity contribution is 0.176. The predicted octanol–water partition coefficient (Wildman–Crippen LogP) is 2.91. The third-order valence-electron chi connectivity index (χ3n) is 4.85. The molecule has 0 N–H and O–H groups in total. The van der Waals surface area contributed by atoms with Gasteiger partial charge < -0.3 is 0 Å². The molecule has 0 atom stereocenters. The molecule has 0 spiro atoms. The molecule has 0 bridgehead atoms. The second-order valence-corrected chi connectivity index (χ2v) is 7.88. The van der Waals surface area contributed by atoms with Crippen LogP contribution in [0.15, 0.2) is 41.2 Å². The zero-order valence-electron chi connectivity index (χ0n) is 14.4. The van der Waals surface area contributed by atoms with Crippen LogP contribution in [0.1, 0.15) is 29.1 Å². The van der Waals surface area contributed by atoms with Gasteiger partial charge in [-0.05, 0) is 50.8 Å². The molecule has 0 unspecified atom stereocenters. The van der Waals surface area contributed by atoms with Gasteiger partial charge in [0.2, 0.25) is 4.96 Å². The topological polar surface area (TPSA) is 50.5 Å². The van der Waals surface area contributed by atoms with E-state index in [-0.39, 0.29) is 5.56 Å². The molecule has 1 saturated heterocycles. The lowest BCUT2D eigenvalue weighted by atomic mass is 9.90. The van der Waals surface area contributed by atoms with Gasteiger partial charge in [-0.1, -0.05) is 41.7 Å². The summed E-state index contributed by atoms with van der Waals surface area (Å²) in [7, 11) is 0. The maximum atomic E-state index is 12.0. The van der Waals surface area contributed by atoms with Crippen molar-refractivity contribution in [3.8, 4) is 0 Å². The fraction of sp³-hybridized carbons (Fsp3) is 0.421. The summed E-state index contributed by atoms with van der Waals surface area (Å²) in [6, 6.07) is 12.3. The van der Waals surface area contributed by atoms with Gasteiger partial charge in [0, 0.05) is 11.8 Å². The molecule has 3 heterocycles. The molecule has 0 saturated carbocycles. The number of hydrogen-bond acceptors (Lipinski definition) is 5. The van der Waals surface area contributed by atoms with E-state index in [2.05, 4.69) is 45.3 Å². The van der Waals surface area contributed by atoms with Gasteiger partial charge >= 0.3 is 0 Å². The van der Waals surface area contributed by atoms with E-state index in [9.17, 15) is 4.79 Å². The van der Waals surface area contributed by atoms with Crippen LogP contribution in [0.5, 0.6) is 0 Å². The molecule has 130 valence electrons. The number of rotatable bonds is 4. The molecule has 6 heteroatoms. The molecule has 3 aromatic rings. The average Bonchev–Trinajstić information content (AvgIpc) is 3.00. The van der Waals surface area contributed by atoms with Crippen molar-refractivity contribution in [3.63, 3.8) is 0 Å². The van der Waals surface area contributed by atoms with Gasteiger partial charge in [0.15, 0.2) is 0 Å². The van der Waals surface area contributed by atoms with E-state index >= 15 is 0 Å². The number of benzene rings is 1. The minimum absolute atomic E-state index is 0.0911. The zero-order valence-corrected chi connectivity index (χ0v) is 15.2. The maximum Gasteiger partial charge on any atom is 0.275 e. The van der Waals surface area contributed by atoms with Gasteiger partial charge in [-0.2, -0.15) is 9.61 Å². The summed E-state index contributed by atoms with van der Waals surface area (Å²) >= 11 is 1.52. The van der Waals surface area contributed by atoms with Crippen LogP contribution in [0.25, 0.3) is 4.96 Å². The van der Waals surface area contributed by atoms with E-state index in [4.69, 9.17) is 0 Å². The van der Waals surface area contributed by atoms with Crippen LogP contribution in [0.4, 0.5) is 0 Å². The molecule has 0 aliphatic carbocycles. The summed E-state index contributed by atoms with van der Waals surface area (Å²) < 4.78 is 1.43. The Morgan fingerprint density at radius 2 is 1.96 bits per heavy atom. The van der Waals surface area contributed by atoms with Gasteiger partial charge in [-0.25, -0.2) is 4.98 Å². The molecular weight excluding hydrogens is 332 g/mol. The predicted molar refractivity (Wildman–Crippen MR) is 100 cm³/mol. The van der Waals surface area contributed by atoms with Crippen molar-refractivity contribution in [2.45, 2.75) is 32.7 Å². The van der Waals surface area contributed by atoms with Crippen molar-refractivity contribution in [1.82, 2.24) is 19.5 Å². The summed E-state index contributed by atoms with van der Waals surface area (Å²) in [5.74, 6) is 0.765. The van der Waals surface area contributed by atoms with E-state index < -0.39 is 0 Å². The summed E-state index contributed by atoms with van der Waals surface area (Å²) in [6.07, 6.45) is 3.61. The molecule has 0 amide bonds. The largest absolute Gasteiger partial charge is 0.297 e. The molecule has 0 radical (unpaired) electrons. The standard InChI is InChI=1S/C19H22N4OS/c1-14-11-18(24)23-19(20-14)25-17(21-23)13-22-9-7-16(8-10-22)12-15-5-3-2-4-6-15/h2-6,11,16H,7-10,12-13H2,1H3. The van der Waals surface area contributed by atoms with Gasteiger partial charge in [0.25, 0.3) is 5.56 Å². The highest BCUT2D eigenvalue weighted by atomic mass is 32.1. The van der Waals surface area contributed by atoms with Crippen LogP contribution in [-0.4, -0.2) is 32.6 Å². The van der Waals surface area contributed by atoms with Crippen LogP contribution in [0.3, 0.4) is 0 Å². The number of likely N-dealkylation sites (tertiary alicyclic amines) is 1. The van der Waals surface area contributed by atoms with E-state index in [0.29, 0.717) is 4.96 Å². The fourth-order valence-electron chi connectivity index (χ4n) is 3.51. The number of hydrogen-bond donors (Lipinski definition) is 0. The smallest absolute Gasteiger partial charge is 0.275 e. The highest BCUT2D eigenvalue weighted by molar-refractivity contribution is 7.16. The monoisotopic (exact) mass is 354 g/mol. The highest BCUT2D eigenvalue weighted by Crippen LogP contribution is 2.23. The molecule has 25 heavy (non-hydrogen) atoms. The normalized spacial score (nSPS) is 16.5. The molecule has 4 rings (SSSR count). The average molecular weight is 354 g/mol. The van der Waals surface area contributed by atoms with Gasteiger partial charge in [-0.3, -0.25) is 9.69 Å². The molecule has 1 aliphatic rings. The summed E-state index contributed by atoms with van der Waals surface area (Å²) in [4.78, 5) is 19.5. The lowest BCUT2D eigenvalue weighted by Crippen LogP contribution is -2.33. The summed E-state index contributed by atoms with van der Waals surface area (Å²) in [5.41, 5.74) is 2.10. The van der Waals surface area contributed by atoms with Crippen LogP contribution in [0, 0.1) is 12.8 Å². The Labute approximate surface area is 151 Å². The van der Waals surface area contributed by atoms with Crippen LogP contribution in [0.2, 0.25) is 0 Å². The third-order valence-corrected chi connectivity index (χ3v) is 5.74. The van der Waals surface area contributed by atoms with Gasteiger partial charge in [0.1, 0.15) is 5.01 Å². The number of fused-ring (bicyclic) bond motifs is 1. The molecule has 1 aromatic carbocycles. The summed E-state index contributed by atoms with van der Waals surface area (Å²) in [5, 5.41) is 5.42. The minimum Gasteiger partial charge on any atom is -0.297 e. The second kappa shape index (κ2) is 7.06. The van der Waals surface area contributed by atoms with E-state index in [1.165, 1.54) is 46.7 Å². The van der Waals surface area contributed by atoms with Crippen molar-refractivity contribution in [1.29, 1.82) is 0 Å². The van der Waals surface area contributed by atoms with Gasteiger partial charge in [-0.15, -0.1) is 0 Å². The Morgan fingerprint density at radius 1 is 1.20 bits per heavy atom. The Morgan fingerprint density at radius 3 is 2.72 bits per heavy atom. The van der Waals surface area contributed by atoms with Crippen LogP contribution >= 0.6 is 11.3 Å². The number of nitrogens with zero attached hydrogens (tertiary/aromatic N) is 4. The van der Waals surface area contributed by atoms with Crippen LogP contribution in [-0.2, 0) is 13.0 Å². The fourth-order valence-corrected chi connectivity index (χ4v) is 4.50. The number of piperidine rings is 1. The zero-order chi connectivity index (χ0) is 17.2. The van der Waals surface area contributed by atoms with Crippen molar-refractivity contribution in [2.75, 3.05) is 13.1 Å². The molecule has 2 aromatic heterocycles. The Kier molecular flexibility index (Phi) is 4.63. The SMILES string of the molecule is Cc1cc(=O)n2nc(CN3CCC(Cc4ccccc4)CC3)sc2n1. The molecular formula is C19H22N4OS. The van der Waals surface area contributed by atoms with E-state index in [0.717, 1.165) is 36.3 Å². The summed E-state index contributed by atoms with van der Waals surface area (Å²) in [6.45, 7) is 4.84.